The maximum absolute atomic E-state index is 10.3. The molecule has 4 aliphatic rings. The van der Waals surface area contributed by atoms with Gasteiger partial charge < -0.3 is 5.11 Å². The molecular formula is C28H46O. The summed E-state index contributed by atoms with van der Waals surface area (Å²) in [7, 11) is 0. The third-order valence-corrected chi connectivity index (χ3v) is 10.5. The molecule has 1 heteroatoms. The van der Waals surface area contributed by atoms with Crippen LogP contribution in [0.2, 0.25) is 0 Å². The topological polar surface area (TPSA) is 20.2 Å². The maximum Gasteiger partial charge on any atom is 0.0543 e. The normalized spacial score (nSPS) is 43.0. The van der Waals surface area contributed by atoms with E-state index in [4.69, 9.17) is 0 Å². The third kappa shape index (κ3) is 3.58. The second-order valence-electron chi connectivity index (χ2n) is 12.2. The van der Waals surface area contributed by atoms with Gasteiger partial charge >= 0.3 is 0 Å². The highest BCUT2D eigenvalue weighted by Gasteiger charge is 2.55. The van der Waals surface area contributed by atoms with Crippen LogP contribution in [0.3, 0.4) is 0 Å². The van der Waals surface area contributed by atoms with Gasteiger partial charge in [0.1, 0.15) is 0 Å². The van der Waals surface area contributed by atoms with E-state index in [0.717, 1.165) is 36.5 Å². The molecule has 1 N–H and O–H groups in total. The van der Waals surface area contributed by atoms with E-state index in [-0.39, 0.29) is 6.10 Å². The van der Waals surface area contributed by atoms with Crippen LogP contribution >= 0.6 is 0 Å². The van der Waals surface area contributed by atoms with Crippen LogP contribution in [0.25, 0.3) is 0 Å². The van der Waals surface area contributed by atoms with Crippen LogP contribution in [0.5, 0.6) is 0 Å². The monoisotopic (exact) mass is 398 g/mol. The Bertz CT molecular complexity index is 672. The molecule has 164 valence electrons. The van der Waals surface area contributed by atoms with Gasteiger partial charge in [-0.25, -0.2) is 0 Å². The minimum atomic E-state index is -0.0339. The Morgan fingerprint density at radius 1 is 1.07 bits per heavy atom. The van der Waals surface area contributed by atoms with Gasteiger partial charge in [0, 0.05) is 0 Å². The van der Waals surface area contributed by atoms with Gasteiger partial charge in [-0.3, -0.25) is 0 Å². The molecule has 0 aromatic carbocycles. The Balaban J connectivity index is 1.54. The summed E-state index contributed by atoms with van der Waals surface area (Å²) in [6, 6.07) is 0. The molecule has 0 aromatic heterocycles. The van der Waals surface area contributed by atoms with E-state index in [9.17, 15) is 5.11 Å². The Hall–Kier alpha value is -0.560. The lowest BCUT2D eigenvalue weighted by Gasteiger charge is -2.56. The van der Waals surface area contributed by atoms with E-state index in [1.807, 2.05) is 11.1 Å². The molecule has 0 heterocycles. The summed E-state index contributed by atoms with van der Waals surface area (Å²) < 4.78 is 0. The van der Waals surface area contributed by atoms with Gasteiger partial charge in [0.25, 0.3) is 0 Å². The summed E-state index contributed by atoms with van der Waals surface area (Å²) >= 11 is 0. The fraction of sp³-hybridized carbons (Fsp3) is 0.857. The Labute approximate surface area is 180 Å². The summed E-state index contributed by atoms with van der Waals surface area (Å²) in [4.78, 5) is 0. The van der Waals surface area contributed by atoms with Crippen molar-refractivity contribution in [1.82, 2.24) is 0 Å². The molecule has 4 aliphatic carbocycles. The number of hydrogen-bond acceptors (Lipinski definition) is 1. The van der Waals surface area contributed by atoms with Crippen molar-refractivity contribution in [2.75, 3.05) is 0 Å². The van der Waals surface area contributed by atoms with Gasteiger partial charge in [0.2, 0.25) is 0 Å². The molecular weight excluding hydrogens is 352 g/mol. The summed E-state index contributed by atoms with van der Waals surface area (Å²) in [5, 5.41) is 10.3. The van der Waals surface area contributed by atoms with Gasteiger partial charge in [-0.05, 0) is 111 Å². The van der Waals surface area contributed by atoms with E-state index in [2.05, 4.69) is 41.2 Å². The summed E-state index contributed by atoms with van der Waals surface area (Å²) in [5.74, 6) is 3.86. The largest absolute Gasteiger partial charge is 0.393 e. The quantitative estimate of drug-likeness (QED) is 0.470. The van der Waals surface area contributed by atoms with Crippen molar-refractivity contribution in [3.05, 3.63) is 23.3 Å². The highest BCUT2D eigenvalue weighted by atomic mass is 16.3. The van der Waals surface area contributed by atoms with E-state index in [1.165, 1.54) is 63.4 Å². The lowest BCUT2D eigenvalue weighted by atomic mass is 9.49. The Morgan fingerprint density at radius 2 is 1.83 bits per heavy atom. The molecule has 3 fully saturated rings. The molecule has 0 aliphatic heterocycles. The standard InChI is InChI=1S/C28H46O/c1-18(2)19(3)7-8-20(4)24-11-12-25-23-10-9-21-17-22(29)13-15-27(21,5)26(23)14-16-28(24,25)6/h18,20-22,24,26,29H,3,7-17H2,1-2,4-6H3/t20-,21+,22+,24-,26-,27+,28-/m1/s1. The average Bonchev–Trinajstić information content (AvgIpc) is 3.03. The maximum atomic E-state index is 10.3. The summed E-state index contributed by atoms with van der Waals surface area (Å²) in [6.45, 7) is 16.7. The minimum Gasteiger partial charge on any atom is -0.393 e. The smallest absolute Gasteiger partial charge is 0.0543 e. The van der Waals surface area contributed by atoms with Crippen LogP contribution in [0, 0.1) is 40.4 Å². The number of hydrogen-bond donors (Lipinski definition) is 1. The van der Waals surface area contributed by atoms with E-state index in [0.29, 0.717) is 16.7 Å². The zero-order valence-electron chi connectivity index (χ0n) is 19.9. The Kier molecular flexibility index (Phi) is 5.86. The summed E-state index contributed by atoms with van der Waals surface area (Å²) in [6.07, 6.45) is 14.1. The SMILES string of the molecule is C=C(CC[C@@H](C)[C@H]1CCC2=C3CC[C@H]4C[C@@H](O)CC[C@]4(C)[C@@H]3CC[C@@]21C)C(C)C. The second-order valence-corrected chi connectivity index (χ2v) is 12.2. The number of aliphatic hydroxyl groups excluding tert-OH is 1. The van der Waals surface area contributed by atoms with Crippen molar-refractivity contribution < 1.29 is 5.11 Å². The average molecular weight is 399 g/mol. The molecule has 0 unspecified atom stereocenters. The molecule has 7 atom stereocenters. The predicted octanol–water partition coefficient (Wildman–Crippen LogP) is 7.70. The zero-order valence-corrected chi connectivity index (χ0v) is 19.9. The molecule has 0 spiro atoms. The fourth-order valence-corrected chi connectivity index (χ4v) is 8.32. The highest BCUT2D eigenvalue weighted by Crippen LogP contribution is 2.65. The number of allylic oxidation sites excluding steroid dienone is 3. The molecule has 29 heavy (non-hydrogen) atoms. The van der Waals surface area contributed by atoms with Crippen LogP contribution in [0.1, 0.15) is 105 Å². The van der Waals surface area contributed by atoms with Crippen molar-refractivity contribution in [2.45, 2.75) is 111 Å². The fourth-order valence-electron chi connectivity index (χ4n) is 8.32. The molecule has 1 nitrogen and oxygen atoms in total. The lowest BCUT2D eigenvalue weighted by Crippen LogP contribution is -2.48. The number of rotatable bonds is 5. The number of fused-ring (bicyclic) bond motifs is 4. The van der Waals surface area contributed by atoms with Gasteiger partial charge in [-0.1, -0.05) is 57.9 Å². The zero-order chi connectivity index (χ0) is 21.0. The number of aliphatic hydroxyl groups is 1. The van der Waals surface area contributed by atoms with E-state index >= 15 is 0 Å². The molecule has 0 radical (unpaired) electrons. The van der Waals surface area contributed by atoms with Crippen molar-refractivity contribution in [3.8, 4) is 0 Å². The van der Waals surface area contributed by atoms with E-state index in [1.54, 1.807) is 0 Å². The first-order valence-electron chi connectivity index (χ1n) is 12.7. The summed E-state index contributed by atoms with van der Waals surface area (Å²) in [5.41, 5.74) is 6.16. The Morgan fingerprint density at radius 3 is 2.55 bits per heavy atom. The lowest BCUT2D eigenvalue weighted by molar-refractivity contribution is -0.0381. The third-order valence-electron chi connectivity index (χ3n) is 10.5. The van der Waals surface area contributed by atoms with Gasteiger partial charge in [-0.15, -0.1) is 0 Å². The molecule has 0 bridgehead atoms. The predicted molar refractivity (Wildman–Crippen MR) is 124 cm³/mol. The second kappa shape index (κ2) is 7.85. The van der Waals surface area contributed by atoms with Crippen molar-refractivity contribution in [1.29, 1.82) is 0 Å². The van der Waals surface area contributed by atoms with Gasteiger partial charge in [0.05, 0.1) is 6.10 Å². The van der Waals surface area contributed by atoms with Crippen LogP contribution in [-0.4, -0.2) is 11.2 Å². The molecule has 3 saturated carbocycles. The first-order valence-corrected chi connectivity index (χ1v) is 12.7. The molecule has 0 aromatic rings. The molecule has 0 saturated heterocycles. The molecule has 4 rings (SSSR count). The van der Waals surface area contributed by atoms with E-state index < -0.39 is 0 Å². The van der Waals surface area contributed by atoms with Crippen molar-refractivity contribution in [3.63, 3.8) is 0 Å². The van der Waals surface area contributed by atoms with Crippen LogP contribution in [-0.2, 0) is 0 Å². The van der Waals surface area contributed by atoms with Crippen molar-refractivity contribution in [2.24, 2.45) is 40.4 Å². The molecule has 0 amide bonds. The first-order chi connectivity index (χ1) is 13.7. The van der Waals surface area contributed by atoms with Crippen LogP contribution in [0.4, 0.5) is 0 Å². The first kappa shape index (κ1) is 21.7. The van der Waals surface area contributed by atoms with Gasteiger partial charge in [0.15, 0.2) is 0 Å². The van der Waals surface area contributed by atoms with Crippen LogP contribution < -0.4 is 0 Å². The minimum absolute atomic E-state index is 0.0339. The van der Waals surface area contributed by atoms with Crippen LogP contribution in [0.15, 0.2) is 23.3 Å². The highest BCUT2D eigenvalue weighted by molar-refractivity contribution is 5.34. The van der Waals surface area contributed by atoms with Crippen molar-refractivity contribution >= 4 is 0 Å². The van der Waals surface area contributed by atoms with Gasteiger partial charge in [-0.2, -0.15) is 0 Å².